The molecule has 1 aromatic rings. The van der Waals surface area contributed by atoms with Crippen molar-refractivity contribution in [2.45, 2.75) is 5.92 Å². The Morgan fingerprint density at radius 1 is 1.29 bits per heavy atom. The molecule has 0 saturated carbocycles. The molecule has 1 aromatic heterocycles. The molecule has 1 saturated heterocycles. The maximum absolute atomic E-state index is 13.9. The second kappa shape index (κ2) is 6.21. The molecule has 0 radical (unpaired) electrons. The predicted octanol–water partition coefficient (Wildman–Crippen LogP) is 2.82. The van der Waals surface area contributed by atoms with Crippen LogP contribution in [0.5, 0.6) is 0 Å². The topological polar surface area (TPSA) is 69.6 Å². The van der Waals surface area contributed by atoms with Crippen LogP contribution in [0, 0.1) is 3.83 Å². The first-order chi connectivity index (χ1) is 9.69. The Hall–Kier alpha value is -0.680. The van der Waals surface area contributed by atoms with E-state index in [-0.39, 0.29) is 32.9 Å². The molecule has 0 atom stereocenters. The zero-order chi connectivity index (χ0) is 15.8. The molecule has 1 aliphatic heterocycles. The molecule has 2 rings (SSSR count). The van der Waals surface area contributed by atoms with E-state index in [2.05, 4.69) is 9.97 Å². The monoisotopic (exact) mass is 452 g/mol. The van der Waals surface area contributed by atoms with Gasteiger partial charge in [-0.25, -0.2) is 23.5 Å². The number of hydrogen-bond donors (Lipinski definition) is 1. The van der Waals surface area contributed by atoms with Gasteiger partial charge in [-0.2, -0.15) is 0 Å². The third kappa shape index (κ3) is 3.95. The van der Waals surface area contributed by atoms with Gasteiger partial charge in [0.2, 0.25) is 0 Å². The normalized spacial score (nSPS) is 18.5. The van der Waals surface area contributed by atoms with Crippen molar-refractivity contribution in [3.8, 4) is 0 Å². The maximum Gasteiger partial charge on any atom is 0.407 e. The minimum absolute atomic E-state index is 0.0309. The third-order valence-electron chi connectivity index (χ3n) is 2.82. The fraction of sp³-hybridized carbons (Fsp3) is 0.500. The molecule has 6 nitrogen and oxygen atoms in total. The Morgan fingerprint density at radius 2 is 1.95 bits per heavy atom. The Balaban J connectivity index is 2.34. The number of aromatic nitrogens is 2. The summed E-state index contributed by atoms with van der Waals surface area (Å²) in [5.74, 6) is -3.14. The highest BCUT2D eigenvalue weighted by Gasteiger charge is 2.39. The molecule has 1 fully saturated rings. The summed E-state index contributed by atoms with van der Waals surface area (Å²) in [7, 11) is 0. The number of halogens is 5. The minimum atomic E-state index is -3.22. The van der Waals surface area contributed by atoms with Gasteiger partial charge in [0.15, 0.2) is 14.8 Å². The summed E-state index contributed by atoms with van der Waals surface area (Å²) >= 11 is 13.6. The summed E-state index contributed by atoms with van der Waals surface area (Å²) in [4.78, 5) is 20.6. The summed E-state index contributed by atoms with van der Waals surface area (Å²) in [5, 5.41) is 8.83. The summed E-state index contributed by atoms with van der Waals surface area (Å²) in [6, 6.07) is 0. The summed E-state index contributed by atoms with van der Waals surface area (Å²) in [6.07, 6.45) is -1.39. The first-order valence-electron chi connectivity index (χ1n) is 5.69. The van der Waals surface area contributed by atoms with E-state index in [1.165, 1.54) is 4.90 Å². The van der Waals surface area contributed by atoms with Crippen molar-refractivity contribution in [2.24, 2.45) is 0 Å². The average molecular weight is 453 g/mol. The van der Waals surface area contributed by atoms with E-state index in [1.807, 2.05) is 0 Å². The first kappa shape index (κ1) is 16.7. The van der Waals surface area contributed by atoms with E-state index < -0.39 is 25.1 Å². The van der Waals surface area contributed by atoms with Gasteiger partial charge in [-0.3, -0.25) is 0 Å². The standard InChI is InChI=1S/C10H9Cl2F2IN4O2/c11-5-6(12)16-8(15)17-7(5)18-1-2-19(9(20)21)4-10(13,14)3-18/h1-4H2,(H,20,21). The molecule has 1 amide bonds. The molecule has 0 aromatic carbocycles. The van der Waals surface area contributed by atoms with E-state index in [0.717, 1.165) is 0 Å². The van der Waals surface area contributed by atoms with Gasteiger partial charge in [-0.05, 0) is 0 Å². The fourth-order valence-corrected chi connectivity index (χ4v) is 2.93. The van der Waals surface area contributed by atoms with Crippen LogP contribution >= 0.6 is 45.8 Å². The summed E-state index contributed by atoms with van der Waals surface area (Å²) in [5.41, 5.74) is 0. The number of carboxylic acid groups (broad SMARTS) is 1. The van der Waals surface area contributed by atoms with Crippen LogP contribution in [0.2, 0.25) is 10.2 Å². The van der Waals surface area contributed by atoms with Gasteiger partial charge in [0.1, 0.15) is 5.02 Å². The van der Waals surface area contributed by atoms with Crippen molar-refractivity contribution in [3.63, 3.8) is 0 Å². The Morgan fingerprint density at radius 3 is 2.57 bits per heavy atom. The Bertz CT molecular complexity index is 578. The van der Waals surface area contributed by atoms with Gasteiger partial charge in [0, 0.05) is 35.7 Å². The maximum atomic E-state index is 13.9. The Kier molecular flexibility index (Phi) is 4.93. The second-order valence-corrected chi connectivity index (χ2v) is 6.10. The molecule has 11 heteroatoms. The fourth-order valence-electron chi connectivity index (χ4n) is 1.95. The van der Waals surface area contributed by atoms with Crippen LogP contribution in [-0.2, 0) is 0 Å². The molecule has 0 spiro atoms. The number of carbonyl (C=O) groups is 1. The van der Waals surface area contributed by atoms with Crippen molar-refractivity contribution in [2.75, 3.05) is 31.1 Å². The smallest absolute Gasteiger partial charge is 0.407 e. The van der Waals surface area contributed by atoms with Crippen LogP contribution in [0.25, 0.3) is 0 Å². The second-order valence-electron chi connectivity index (χ2n) is 4.40. The number of amides is 1. The van der Waals surface area contributed by atoms with E-state index in [0.29, 0.717) is 4.90 Å². The summed E-state index contributed by atoms with van der Waals surface area (Å²) in [6.45, 7) is -1.61. The van der Waals surface area contributed by atoms with Crippen molar-refractivity contribution >= 4 is 57.7 Å². The highest BCUT2D eigenvalue weighted by Crippen LogP contribution is 2.32. The van der Waals surface area contributed by atoms with Crippen LogP contribution in [0.3, 0.4) is 0 Å². The lowest BCUT2D eigenvalue weighted by atomic mass is 10.3. The molecule has 0 unspecified atom stereocenters. The van der Waals surface area contributed by atoms with Crippen LogP contribution < -0.4 is 4.90 Å². The summed E-state index contributed by atoms with van der Waals surface area (Å²) < 4.78 is 28.0. The van der Waals surface area contributed by atoms with Crippen LogP contribution in [0.1, 0.15) is 0 Å². The molecular weight excluding hydrogens is 444 g/mol. The van der Waals surface area contributed by atoms with Crippen molar-refractivity contribution in [1.82, 2.24) is 14.9 Å². The molecule has 1 N–H and O–H groups in total. The first-order valence-corrected chi connectivity index (χ1v) is 7.52. The van der Waals surface area contributed by atoms with E-state index >= 15 is 0 Å². The number of anilines is 1. The van der Waals surface area contributed by atoms with E-state index in [1.54, 1.807) is 22.6 Å². The minimum Gasteiger partial charge on any atom is -0.465 e. The number of nitrogens with zero attached hydrogens (tertiary/aromatic N) is 4. The van der Waals surface area contributed by atoms with E-state index in [4.69, 9.17) is 28.3 Å². The van der Waals surface area contributed by atoms with Crippen LogP contribution in [0.4, 0.5) is 19.4 Å². The Labute approximate surface area is 142 Å². The van der Waals surface area contributed by atoms with Gasteiger partial charge in [-0.1, -0.05) is 23.2 Å². The zero-order valence-corrected chi connectivity index (χ0v) is 14.0. The average Bonchev–Trinajstić information content (AvgIpc) is 2.52. The number of rotatable bonds is 1. The molecule has 21 heavy (non-hydrogen) atoms. The van der Waals surface area contributed by atoms with Crippen molar-refractivity contribution in [1.29, 1.82) is 0 Å². The molecule has 0 bridgehead atoms. The number of alkyl halides is 2. The van der Waals surface area contributed by atoms with Crippen LogP contribution in [-0.4, -0.2) is 58.2 Å². The lowest BCUT2D eigenvalue weighted by Crippen LogP contribution is -2.41. The largest absolute Gasteiger partial charge is 0.465 e. The zero-order valence-electron chi connectivity index (χ0n) is 10.4. The van der Waals surface area contributed by atoms with Crippen LogP contribution in [0.15, 0.2) is 0 Å². The van der Waals surface area contributed by atoms with Crippen molar-refractivity contribution in [3.05, 3.63) is 14.0 Å². The highest BCUT2D eigenvalue weighted by atomic mass is 127. The number of hydrogen-bond acceptors (Lipinski definition) is 4. The van der Waals surface area contributed by atoms with Gasteiger partial charge in [-0.15, -0.1) is 0 Å². The van der Waals surface area contributed by atoms with Gasteiger partial charge < -0.3 is 14.9 Å². The molecular formula is C10H9Cl2F2IN4O2. The highest BCUT2D eigenvalue weighted by molar-refractivity contribution is 14.1. The molecule has 116 valence electrons. The lowest BCUT2D eigenvalue weighted by Gasteiger charge is -2.25. The molecule has 2 heterocycles. The molecule has 1 aliphatic rings. The van der Waals surface area contributed by atoms with Gasteiger partial charge >= 0.3 is 6.09 Å². The van der Waals surface area contributed by atoms with Gasteiger partial charge in [0.25, 0.3) is 5.92 Å². The third-order valence-corrected chi connectivity index (χ3v) is 4.02. The molecule has 0 aliphatic carbocycles. The predicted molar refractivity (Wildman–Crippen MR) is 81.5 cm³/mol. The van der Waals surface area contributed by atoms with Gasteiger partial charge in [0.05, 0.1) is 13.1 Å². The lowest BCUT2D eigenvalue weighted by molar-refractivity contribution is -0.0117. The quantitative estimate of drug-likeness (QED) is 0.403. The SMILES string of the molecule is O=C(O)N1CCN(c2nc(I)nc(Cl)c2Cl)CC(F)(F)C1. The van der Waals surface area contributed by atoms with E-state index in [9.17, 15) is 13.6 Å². The van der Waals surface area contributed by atoms with Crippen molar-refractivity contribution < 1.29 is 18.7 Å².